The third-order valence-electron chi connectivity index (χ3n) is 7.76. The van der Waals surface area contributed by atoms with Crippen LogP contribution in [0.5, 0.6) is 0 Å². The maximum atomic E-state index is 12.9. The molecule has 56 heavy (non-hydrogen) atoms. The Hall–Kier alpha value is -4.45. The summed E-state index contributed by atoms with van der Waals surface area (Å²) in [5.41, 5.74) is 3.67. The summed E-state index contributed by atoms with van der Waals surface area (Å²) in [5, 5.41) is 39.7. The van der Waals surface area contributed by atoms with Crippen LogP contribution in [-0.4, -0.2) is 146 Å². The van der Waals surface area contributed by atoms with Crippen molar-refractivity contribution in [2.45, 2.75) is 97.2 Å². The molecule has 22 nitrogen and oxygen atoms in total. The zero-order valence-corrected chi connectivity index (χ0v) is 33.0. The predicted octanol–water partition coefficient (Wildman–Crippen LogP) is -2.02. The number of unbranched alkanes of at least 4 members (excludes halogenated alkanes) is 1. The molecule has 0 heterocycles. The van der Waals surface area contributed by atoms with Crippen molar-refractivity contribution in [1.82, 2.24) is 26.6 Å². The molecule has 0 saturated heterocycles. The Kier molecular flexibility index (Phi) is 23.6. The summed E-state index contributed by atoms with van der Waals surface area (Å²) in [6.07, 6.45) is 0.0350. The van der Waals surface area contributed by atoms with Crippen LogP contribution in [0, 0.1) is 10.8 Å². The van der Waals surface area contributed by atoms with Crippen LogP contribution in [0.25, 0.3) is 0 Å². The molecular formula is C33H58N6O16S. The number of carbonyl (C=O) groups is 8. The Morgan fingerprint density at radius 2 is 1.21 bits per heavy atom. The molecule has 0 spiro atoms. The number of ether oxygens (including phenoxy) is 2. The van der Waals surface area contributed by atoms with E-state index in [0.717, 1.165) is 0 Å². The first-order valence-corrected chi connectivity index (χ1v) is 19.4. The fourth-order valence-corrected chi connectivity index (χ4v) is 6.37. The first-order valence-electron chi connectivity index (χ1n) is 17.8. The number of carbonyl (C=O) groups excluding carboxylic acids is 5. The van der Waals surface area contributed by atoms with E-state index in [1.54, 1.807) is 27.7 Å². The van der Waals surface area contributed by atoms with Gasteiger partial charge < -0.3 is 57.1 Å². The van der Waals surface area contributed by atoms with E-state index in [-0.39, 0.29) is 64.5 Å². The van der Waals surface area contributed by atoms with Gasteiger partial charge in [0.1, 0.15) is 30.5 Å². The second kappa shape index (κ2) is 25.7. The zero-order valence-electron chi connectivity index (χ0n) is 32.2. The quantitative estimate of drug-likeness (QED) is 0.0266. The van der Waals surface area contributed by atoms with Crippen molar-refractivity contribution in [3.8, 4) is 0 Å². The van der Waals surface area contributed by atoms with Crippen molar-refractivity contribution in [2.75, 3.05) is 51.8 Å². The molecule has 23 heteroatoms. The lowest BCUT2D eigenvalue weighted by Crippen LogP contribution is -2.54. The molecule has 0 aromatic carbocycles. The van der Waals surface area contributed by atoms with Crippen LogP contribution >= 0.6 is 0 Å². The number of amides is 5. The fraction of sp³-hybridized carbons (Fsp3) is 0.758. The monoisotopic (exact) mass is 826 g/mol. The van der Waals surface area contributed by atoms with Gasteiger partial charge in [-0.15, -0.1) is 0 Å². The smallest absolute Gasteiger partial charge is 0.326 e. The van der Waals surface area contributed by atoms with Crippen molar-refractivity contribution >= 4 is 57.6 Å². The molecule has 0 fully saturated rings. The van der Waals surface area contributed by atoms with E-state index in [1.165, 1.54) is 0 Å². The van der Waals surface area contributed by atoms with Crippen LogP contribution in [0.15, 0.2) is 0 Å². The zero-order chi connectivity index (χ0) is 43.1. The second-order valence-corrected chi connectivity index (χ2v) is 16.1. The van der Waals surface area contributed by atoms with Gasteiger partial charge in [-0.1, -0.05) is 27.7 Å². The molecule has 0 aromatic heterocycles. The SMILES string of the molecule is CC(C)(CC(=O)O)CC(C)(C)CC(=O)NC(CS(=O)(=O)O)C(=O)NC(CCC(=O)NCCOCCOCC(=O)NC(CCCCNC(=O)CN)C(=O)O)C(=O)O. The minimum atomic E-state index is -4.84. The van der Waals surface area contributed by atoms with E-state index >= 15 is 0 Å². The predicted molar refractivity (Wildman–Crippen MR) is 196 cm³/mol. The molecule has 11 N–H and O–H groups in total. The molecule has 0 rings (SSSR count). The molecular weight excluding hydrogens is 768 g/mol. The van der Waals surface area contributed by atoms with Crippen molar-refractivity contribution in [2.24, 2.45) is 16.6 Å². The van der Waals surface area contributed by atoms with Gasteiger partial charge in [0.15, 0.2) is 0 Å². The minimum absolute atomic E-state index is 0.00190. The number of carboxylic acid groups (broad SMARTS) is 3. The lowest BCUT2D eigenvalue weighted by molar-refractivity contribution is -0.143. The van der Waals surface area contributed by atoms with E-state index in [9.17, 15) is 61.5 Å². The highest BCUT2D eigenvalue weighted by Gasteiger charge is 2.35. The van der Waals surface area contributed by atoms with Crippen LogP contribution < -0.4 is 32.3 Å². The van der Waals surface area contributed by atoms with Gasteiger partial charge in [0.25, 0.3) is 10.1 Å². The van der Waals surface area contributed by atoms with Gasteiger partial charge in [-0.05, 0) is 42.9 Å². The van der Waals surface area contributed by atoms with Crippen LogP contribution in [0.4, 0.5) is 0 Å². The van der Waals surface area contributed by atoms with Crippen molar-refractivity contribution < 1.29 is 76.1 Å². The number of carboxylic acids is 3. The van der Waals surface area contributed by atoms with Crippen LogP contribution in [0.1, 0.15) is 79.1 Å². The number of rotatable bonds is 31. The molecule has 3 unspecified atom stereocenters. The number of hydrogen-bond acceptors (Lipinski definition) is 13. The van der Waals surface area contributed by atoms with Gasteiger partial charge in [0, 0.05) is 25.9 Å². The summed E-state index contributed by atoms with van der Waals surface area (Å²) in [5.74, 6) is -8.76. The van der Waals surface area contributed by atoms with Crippen LogP contribution in [0.3, 0.4) is 0 Å². The summed E-state index contributed by atoms with van der Waals surface area (Å²) in [6.45, 7) is 6.43. The summed E-state index contributed by atoms with van der Waals surface area (Å²) >= 11 is 0. The lowest BCUT2D eigenvalue weighted by Gasteiger charge is -2.34. The van der Waals surface area contributed by atoms with E-state index in [4.69, 9.17) is 20.3 Å². The summed E-state index contributed by atoms with van der Waals surface area (Å²) in [7, 11) is -4.84. The topological polar surface area (TPSA) is 356 Å². The Bertz CT molecular complexity index is 1460. The largest absolute Gasteiger partial charge is 0.481 e. The van der Waals surface area contributed by atoms with Crippen molar-refractivity contribution in [1.29, 1.82) is 0 Å². The molecule has 0 aromatic rings. The van der Waals surface area contributed by atoms with Crippen molar-refractivity contribution in [3.63, 3.8) is 0 Å². The first-order chi connectivity index (χ1) is 25.9. The highest BCUT2D eigenvalue weighted by atomic mass is 32.2. The van der Waals surface area contributed by atoms with E-state index < -0.39 is 106 Å². The Morgan fingerprint density at radius 1 is 0.661 bits per heavy atom. The Labute approximate surface area is 325 Å². The molecule has 0 radical (unpaired) electrons. The molecule has 0 aliphatic heterocycles. The third kappa shape index (κ3) is 26.4. The lowest BCUT2D eigenvalue weighted by atomic mass is 9.72. The summed E-state index contributed by atoms with van der Waals surface area (Å²) < 4.78 is 43.1. The van der Waals surface area contributed by atoms with E-state index in [2.05, 4.69) is 26.6 Å². The van der Waals surface area contributed by atoms with Gasteiger partial charge in [-0.2, -0.15) is 8.42 Å². The minimum Gasteiger partial charge on any atom is -0.481 e. The van der Waals surface area contributed by atoms with E-state index in [0.29, 0.717) is 19.4 Å². The molecule has 0 aliphatic rings. The maximum absolute atomic E-state index is 12.9. The molecule has 0 saturated carbocycles. The maximum Gasteiger partial charge on any atom is 0.326 e. The molecule has 3 atom stereocenters. The Balaban J connectivity index is 4.71. The highest BCUT2D eigenvalue weighted by molar-refractivity contribution is 7.85. The Morgan fingerprint density at radius 3 is 1.79 bits per heavy atom. The molecule has 0 aliphatic carbocycles. The fourth-order valence-electron chi connectivity index (χ4n) is 5.71. The number of nitrogens with one attached hydrogen (secondary N) is 5. The average molecular weight is 827 g/mol. The average Bonchev–Trinajstić information content (AvgIpc) is 3.04. The number of nitrogens with two attached hydrogens (primary N) is 1. The molecule has 322 valence electrons. The van der Waals surface area contributed by atoms with E-state index in [1.807, 2.05) is 0 Å². The third-order valence-corrected chi connectivity index (χ3v) is 8.52. The highest BCUT2D eigenvalue weighted by Crippen LogP contribution is 2.38. The van der Waals surface area contributed by atoms with Gasteiger partial charge in [0.05, 0.1) is 32.8 Å². The van der Waals surface area contributed by atoms with Gasteiger partial charge >= 0.3 is 17.9 Å². The second-order valence-electron chi connectivity index (χ2n) is 14.6. The van der Waals surface area contributed by atoms with Gasteiger partial charge in [-0.3, -0.25) is 33.3 Å². The first kappa shape index (κ1) is 51.5. The molecule has 0 bridgehead atoms. The van der Waals surface area contributed by atoms with Gasteiger partial charge in [0.2, 0.25) is 29.5 Å². The van der Waals surface area contributed by atoms with Crippen LogP contribution in [0.2, 0.25) is 0 Å². The number of aliphatic carboxylic acids is 3. The molecule has 5 amide bonds. The van der Waals surface area contributed by atoms with Gasteiger partial charge in [-0.25, -0.2) is 9.59 Å². The standard InChI is InChI=1S/C33H58N6O16S/c1-32(2,20-33(3,4)16-28(44)45)15-25(41)38-23(19-56(51,52)53)29(46)39-22(31(49)50)8-9-24(40)36-11-12-54-13-14-55-18-27(43)37-21(30(47)48)7-5-6-10-35-26(42)17-34/h21-23H,5-20,34H2,1-4H3,(H,35,42)(H,36,40)(H,37,43)(H,38,41)(H,39,46)(H,44,45)(H,47,48)(H,49,50)(H,51,52,53). The summed E-state index contributed by atoms with van der Waals surface area (Å²) in [6, 6.07) is -4.73. The normalized spacial score (nSPS) is 13.4. The number of hydrogen-bond donors (Lipinski definition) is 10. The van der Waals surface area contributed by atoms with Crippen molar-refractivity contribution in [3.05, 3.63) is 0 Å². The summed E-state index contributed by atoms with van der Waals surface area (Å²) in [4.78, 5) is 95.7. The van der Waals surface area contributed by atoms with Crippen LogP contribution in [-0.2, 0) is 57.9 Å².